The van der Waals surface area contributed by atoms with Gasteiger partial charge in [-0.2, -0.15) is 5.10 Å². The lowest BCUT2D eigenvalue weighted by molar-refractivity contribution is 0.153. The number of fused-ring (bicyclic) bond motifs is 1. The van der Waals surface area contributed by atoms with Crippen LogP contribution in [-0.2, 0) is 0 Å². The fourth-order valence-corrected chi connectivity index (χ4v) is 3.15. The molecule has 2 aromatic rings. The first-order valence-corrected chi connectivity index (χ1v) is 7.18. The van der Waals surface area contributed by atoms with Crippen molar-refractivity contribution in [2.45, 2.75) is 10.8 Å². The van der Waals surface area contributed by atoms with Crippen molar-refractivity contribution in [3.05, 3.63) is 23.2 Å². The van der Waals surface area contributed by atoms with E-state index in [4.69, 9.17) is 11.6 Å². The molecule has 1 fully saturated rings. The monoisotopic (exact) mass is 321 g/mol. The third-order valence-corrected chi connectivity index (χ3v) is 5.33. The van der Waals surface area contributed by atoms with E-state index in [0.29, 0.717) is 16.2 Å². The lowest BCUT2D eigenvalue weighted by Gasteiger charge is -2.23. The van der Waals surface area contributed by atoms with Gasteiger partial charge in [0.15, 0.2) is 16.6 Å². The summed E-state index contributed by atoms with van der Waals surface area (Å²) in [7, 11) is 3.89. The quantitative estimate of drug-likeness (QED) is 0.818. The Balaban J connectivity index is 2.08. The first-order valence-electron chi connectivity index (χ1n) is 5.65. The third-order valence-electron chi connectivity index (χ3n) is 3.35. The lowest BCUT2D eigenvalue weighted by Crippen LogP contribution is -2.34. The van der Waals surface area contributed by atoms with E-state index in [1.165, 1.54) is 0 Å². The average molecular weight is 322 g/mol. The van der Waals surface area contributed by atoms with Gasteiger partial charge in [-0.25, -0.2) is 8.78 Å². The normalized spacial score (nSPS) is 31.3. The summed E-state index contributed by atoms with van der Waals surface area (Å²) in [5.41, 5.74) is 0.746. The second-order valence-corrected chi connectivity index (χ2v) is 7.03. The summed E-state index contributed by atoms with van der Waals surface area (Å²) in [6.07, 6.45) is 0. The minimum Gasteiger partial charge on any atom is -0.347 e. The summed E-state index contributed by atoms with van der Waals surface area (Å²) in [4.78, 5) is 1.56. The van der Waals surface area contributed by atoms with E-state index in [1.54, 1.807) is 17.0 Å². The number of hydrogen-bond acceptors (Lipinski definition) is 2. The molecule has 0 spiro atoms. The average Bonchev–Trinajstić information content (AvgIpc) is 2.80. The van der Waals surface area contributed by atoms with Crippen LogP contribution in [0.1, 0.15) is 0 Å². The van der Waals surface area contributed by atoms with Crippen molar-refractivity contribution in [2.75, 3.05) is 18.0 Å². The molecule has 4 unspecified atom stereocenters. The molecule has 1 aromatic heterocycles. The summed E-state index contributed by atoms with van der Waals surface area (Å²) < 4.78 is 28.4. The molecule has 1 aliphatic heterocycles. The number of anilines is 1. The van der Waals surface area contributed by atoms with E-state index < -0.39 is 10.8 Å². The highest BCUT2D eigenvalue weighted by molar-refractivity contribution is 7.24. The maximum Gasteiger partial charge on any atom is 0.179 e. The molecule has 2 heterocycles. The van der Waals surface area contributed by atoms with Gasteiger partial charge in [0.05, 0.1) is 29.0 Å². The molecule has 1 saturated heterocycles. The molecule has 1 aromatic carbocycles. The SMILES string of the molecule is FC1(P)CN(c2n[nH]c3cccc(Cl)c23)CC1(F)P. The summed E-state index contributed by atoms with van der Waals surface area (Å²) >= 11 is 6.14. The first-order chi connectivity index (χ1) is 8.82. The maximum atomic E-state index is 14.2. The number of benzene rings is 1. The number of rotatable bonds is 1. The molecule has 3 rings (SSSR count). The van der Waals surface area contributed by atoms with Crippen molar-refractivity contribution < 1.29 is 8.78 Å². The summed E-state index contributed by atoms with van der Waals surface area (Å²) in [5.74, 6) is 0.479. The topological polar surface area (TPSA) is 31.9 Å². The molecule has 0 radical (unpaired) electrons. The Hall–Kier alpha value is -0.500. The minimum atomic E-state index is -2.02. The number of aromatic amines is 1. The van der Waals surface area contributed by atoms with Crippen molar-refractivity contribution >= 4 is 46.8 Å². The molecule has 1 aliphatic rings. The zero-order valence-electron chi connectivity index (χ0n) is 9.83. The van der Waals surface area contributed by atoms with Crippen LogP contribution in [0, 0.1) is 0 Å². The summed E-state index contributed by atoms with van der Waals surface area (Å²) in [5, 5.41) is 4.11. The van der Waals surface area contributed by atoms with Crippen LogP contribution in [0.2, 0.25) is 5.02 Å². The van der Waals surface area contributed by atoms with Gasteiger partial charge < -0.3 is 4.90 Å². The Kier molecular flexibility index (Phi) is 3.01. The second kappa shape index (κ2) is 4.25. The first kappa shape index (κ1) is 13.5. The number of alkyl halides is 2. The molecule has 102 valence electrons. The largest absolute Gasteiger partial charge is 0.347 e. The predicted octanol–water partition coefficient (Wildman–Crippen LogP) is 3.12. The number of nitrogens with zero attached hydrogens (tertiary/aromatic N) is 2. The Morgan fingerprint density at radius 2 is 1.89 bits per heavy atom. The van der Waals surface area contributed by atoms with E-state index in [0.717, 1.165) is 5.52 Å². The Labute approximate surface area is 118 Å². The third kappa shape index (κ3) is 2.03. The van der Waals surface area contributed by atoms with E-state index in [9.17, 15) is 8.78 Å². The standard InChI is InChI=1S/C11H12ClF2N3P2/c12-6-2-1-3-7-8(6)9(16-15-7)17-4-10(13,18)11(14,19)5-17/h1-3H,4-5,18-19H2,(H,15,16). The van der Waals surface area contributed by atoms with Crippen LogP contribution in [-0.4, -0.2) is 34.1 Å². The number of nitrogens with one attached hydrogen (secondary N) is 1. The van der Waals surface area contributed by atoms with E-state index >= 15 is 0 Å². The van der Waals surface area contributed by atoms with E-state index in [-0.39, 0.29) is 13.1 Å². The van der Waals surface area contributed by atoms with E-state index in [1.807, 2.05) is 24.5 Å². The lowest BCUT2D eigenvalue weighted by atomic mass is 10.2. The zero-order chi connectivity index (χ0) is 13.8. The highest BCUT2D eigenvalue weighted by Gasteiger charge is 2.55. The van der Waals surface area contributed by atoms with Gasteiger partial charge in [0.1, 0.15) is 0 Å². The molecule has 0 aliphatic carbocycles. The van der Waals surface area contributed by atoms with Crippen LogP contribution >= 0.6 is 30.1 Å². The molecule has 1 N–H and O–H groups in total. The molecule has 0 bridgehead atoms. The van der Waals surface area contributed by atoms with Crippen molar-refractivity contribution in [2.24, 2.45) is 0 Å². The Bertz CT molecular complexity index is 628. The van der Waals surface area contributed by atoms with Gasteiger partial charge in [0, 0.05) is 0 Å². The van der Waals surface area contributed by atoms with Gasteiger partial charge >= 0.3 is 0 Å². The van der Waals surface area contributed by atoms with Gasteiger partial charge in [0.25, 0.3) is 0 Å². The Morgan fingerprint density at radius 3 is 2.53 bits per heavy atom. The molecule has 3 nitrogen and oxygen atoms in total. The highest BCUT2D eigenvalue weighted by atomic mass is 35.5. The van der Waals surface area contributed by atoms with E-state index in [2.05, 4.69) is 10.2 Å². The molecular formula is C11H12ClF2N3P2. The van der Waals surface area contributed by atoms with Crippen molar-refractivity contribution in [3.8, 4) is 0 Å². The van der Waals surface area contributed by atoms with Crippen LogP contribution in [0.4, 0.5) is 14.6 Å². The molecule has 0 amide bonds. The van der Waals surface area contributed by atoms with Crippen LogP contribution in [0.5, 0.6) is 0 Å². The van der Waals surface area contributed by atoms with Gasteiger partial charge in [-0.3, -0.25) is 5.10 Å². The number of H-pyrrole nitrogens is 1. The fraction of sp³-hybridized carbons (Fsp3) is 0.364. The Morgan fingerprint density at radius 1 is 1.26 bits per heavy atom. The van der Waals surface area contributed by atoms with Crippen LogP contribution in [0.25, 0.3) is 10.9 Å². The summed E-state index contributed by atoms with van der Waals surface area (Å²) in [6.45, 7) is -0.189. The molecular weight excluding hydrogens is 310 g/mol. The molecule has 0 saturated carbocycles. The summed E-state index contributed by atoms with van der Waals surface area (Å²) in [6, 6.07) is 5.34. The molecule has 8 heteroatoms. The van der Waals surface area contributed by atoms with Crippen LogP contribution < -0.4 is 4.90 Å². The molecule has 4 atom stereocenters. The second-order valence-electron chi connectivity index (χ2n) is 4.79. The van der Waals surface area contributed by atoms with Crippen molar-refractivity contribution in [1.82, 2.24) is 10.2 Å². The maximum absolute atomic E-state index is 14.2. The number of halogens is 3. The van der Waals surface area contributed by atoms with Crippen molar-refractivity contribution in [1.29, 1.82) is 0 Å². The molecule has 19 heavy (non-hydrogen) atoms. The van der Waals surface area contributed by atoms with Gasteiger partial charge in [-0.05, 0) is 12.1 Å². The zero-order valence-corrected chi connectivity index (χ0v) is 12.9. The number of aromatic nitrogens is 2. The van der Waals surface area contributed by atoms with Crippen LogP contribution in [0.15, 0.2) is 18.2 Å². The predicted molar refractivity (Wildman–Crippen MR) is 80.4 cm³/mol. The minimum absolute atomic E-state index is 0.0944. The van der Waals surface area contributed by atoms with Gasteiger partial charge in [-0.1, -0.05) is 36.1 Å². The fourth-order valence-electron chi connectivity index (χ4n) is 2.27. The van der Waals surface area contributed by atoms with Crippen LogP contribution in [0.3, 0.4) is 0 Å². The van der Waals surface area contributed by atoms with Gasteiger partial charge in [-0.15, -0.1) is 0 Å². The smallest absolute Gasteiger partial charge is 0.179 e. The number of hydrogen-bond donors (Lipinski definition) is 1. The van der Waals surface area contributed by atoms with Crippen molar-refractivity contribution in [3.63, 3.8) is 0 Å². The van der Waals surface area contributed by atoms with Gasteiger partial charge in [0.2, 0.25) is 0 Å². The highest BCUT2D eigenvalue weighted by Crippen LogP contribution is 2.49.